The maximum Gasteiger partial charge on any atom is 0.264 e. The third-order valence-electron chi connectivity index (χ3n) is 5.08. The summed E-state index contributed by atoms with van der Waals surface area (Å²) in [5, 5.41) is 3.36. The Morgan fingerprint density at radius 3 is 2.49 bits per heavy atom. The first kappa shape index (κ1) is 25.1. The number of amidine groups is 1. The largest absolute Gasteiger partial charge is 0.494 e. The van der Waals surface area contributed by atoms with Crippen LogP contribution in [0.4, 0.5) is 5.69 Å². The van der Waals surface area contributed by atoms with Gasteiger partial charge in [0.05, 0.1) is 27.9 Å². The number of amides is 1. The molecular weight excluding hydrogens is 575 g/mol. The number of halogens is 1. The Kier molecular flexibility index (Phi) is 8.35. The number of thioether (sulfide) groups is 1. The number of benzene rings is 3. The van der Waals surface area contributed by atoms with Gasteiger partial charge in [0.25, 0.3) is 5.91 Å². The predicted molar refractivity (Wildman–Crippen MR) is 150 cm³/mol. The molecule has 0 atom stereocenters. The van der Waals surface area contributed by atoms with Gasteiger partial charge in [-0.3, -0.25) is 4.79 Å². The van der Waals surface area contributed by atoms with E-state index >= 15 is 0 Å². The van der Waals surface area contributed by atoms with Gasteiger partial charge >= 0.3 is 0 Å². The van der Waals surface area contributed by atoms with Crippen LogP contribution < -0.4 is 19.5 Å². The zero-order valence-electron chi connectivity index (χ0n) is 19.6. The molecule has 6 nitrogen and oxygen atoms in total. The first-order chi connectivity index (χ1) is 16.9. The average molecular weight is 600 g/mol. The molecular formula is C27H25IN2O4S. The highest BCUT2D eigenvalue weighted by molar-refractivity contribution is 14.1. The molecule has 3 aromatic rings. The smallest absolute Gasteiger partial charge is 0.264 e. The molecule has 8 heteroatoms. The first-order valence-corrected chi connectivity index (χ1v) is 12.9. The van der Waals surface area contributed by atoms with Crippen molar-refractivity contribution in [3.63, 3.8) is 0 Å². The fourth-order valence-corrected chi connectivity index (χ4v) is 4.96. The van der Waals surface area contributed by atoms with Gasteiger partial charge in [-0.15, -0.1) is 0 Å². The minimum atomic E-state index is -0.187. The monoisotopic (exact) mass is 600 g/mol. The predicted octanol–water partition coefficient (Wildman–Crippen LogP) is 6.48. The first-order valence-electron chi connectivity index (χ1n) is 11.0. The maximum atomic E-state index is 12.5. The van der Waals surface area contributed by atoms with Crippen LogP contribution >= 0.6 is 34.4 Å². The Balaban J connectivity index is 1.49. The van der Waals surface area contributed by atoms with Crippen molar-refractivity contribution in [2.24, 2.45) is 4.99 Å². The molecule has 1 amide bonds. The maximum absolute atomic E-state index is 12.5. The lowest BCUT2D eigenvalue weighted by Gasteiger charge is -2.14. The number of nitrogens with one attached hydrogen (secondary N) is 1. The van der Waals surface area contributed by atoms with Gasteiger partial charge in [0.15, 0.2) is 16.7 Å². The van der Waals surface area contributed by atoms with Gasteiger partial charge in [-0.05, 0) is 102 Å². The van der Waals surface area contributed by atoms with Crippen molar-refractivity contribution in [1.82, 2.24) is 5.32 Å². The van der Waals surface area contributed by atoms with E-state index in [0.717, 1.165) is 26.1 Å². The van der Waals surface area contributed by atoms with Gasteiger partial charge in [0.1, 0.15) is 12.4 Å². The van der Waals surface area contributed by atoms with Crippen LogP contribution in [0.25, 0.3) is 6.08 Å². The highest BCUT2D eigenvalue weighted by atomic mass is 127. The molecule has 1 aliphatic heterocycles. The van der Waals surface area contributed by atoms with Crippen LogP contribution in [0.5, 0.6) is 17.2 Å². The second-order valence-electron chi connectivity index (χ2n) is 7.72. The Hall–Kier alpha value is -2.98. The molecule has 0 unspecified atom stereocenters. The molecule has 1 heterocycles. The lowest BCUT2D eigenvalue weighted by atomic mass is 10.1. The number of ether oxygens (including phenoxy) is 3. The van der Waals surface area contributed by atoms with Crippen molar-refractivity contribution < 1.29 is 19.0 Å². The summed E-state index contributed by atoms with van der Waals surface area (Å²) in [4.78, 5) is 17.6. The van der Waals surface area contributed by atoms with Crippen molar-refractivity contribution in [3.05, 3.63) is 85.8 Å². The number of hydrogen-bond acceptors (Lipinski definition) is 6. The summed E-state index contributed by atoms with van der Waals surface area (Å²) in [6.07, 6.45) is 1.83. The van der Waals surface area contributed by atoms with Crippen LogP contribution in [-0.4, -0.2) is 24.8 Å². The minimum Gasteiger partial charge on any atom is -0.494 e. The van der Waals surface area contributed by atoms with Crippen molar-refractivity contribution in [3.8, 4) is 17.2 Å². The number of aryl methyl sites for hydroxylation is 1. The van der Waals surface area contributed by atoms with E-state index in [1.165, 1.54) is 17.3 Å². The Morgan fingerprint density at radius 1 is 1.06 bits per heavy atom. The van der Waals surface area contributed by atoms with E-state index in [9.17, 15) is 4.79 Å². The SMILES string of the molecule is CCOc1ccc(N=C2NC(=O)/C(=C\c3cc(I)c(OCc4ccc(C)cc4)c(OC)c3)S2)cc1. The fraction of sp³-hybridized carbons (Fsp3) is 0.185. The summed E-state index contributed by atoms with van der Waals surface area (Å²) < 4.78 is 18.0. The van der Waals surface area contributed by atoms with Crippen molar-refractivity contribution >= 4 is 57.2 Å². The summed E-state index contributed by atoms with van der Waals surface area (Å²) in [5.74, 6) is 1.89. The summed E-state index contributed by atoms with van der Waals surface area (Å²) in [7, 11) is 1.61. The molecule has 0 aromatic heterocycles. The third kappa shape index (κ3) is 6.58. The Morgan fingerprint density at radius 2 is 1.80 bits per heavy atom. The zero-order chi connectivity index (χ0) is 24.8. The standard InChI is InChI=1S/C27H25IN2O4S/c1-4-33-21-11-9-20(10-12-21)29-27-30-26(31)24(35-27)15-19-13-22(28)25(23(14-19)32-3)34-16-18-7-5-17(2)6-8-18/h5-15H,4,16H2,1-3H3,(H,29,30,31)/b24-15+. The number of carbonyl (C=O) groups is 1. The molecule has 0 saturated carbocycles. The summed E-state index contributed by atoms with van der Waals surface area (Å²) in [6.45, 7) is 5.05. The van der Waals surface area contributed by atoms with Crippen molar-refractivity contribution in [2.45, 2.75) is 20.5 Å². The number of aliphatic imine (C=N–C) groups is 1. The van der Waals surface area contributed by atoms with Gasteiger partial charge in [0.2, 0.25) is 0 Å². The number of carbonyl (C=O) groups excluding carboxylic acids is 1. The van der Waals surface area contributed by atoms with Crippen LogP contribution in [0, 0.1) is 10.5 Å². The Bertz CT molecular complexity index is 1270. The van der Waals surface area contributed by atoms with Crippen LogP contribution in [0.2, 0.25) is 0 Å². The van der Waals surface area contributed by atoms with Crippen molar-refractivity contribution in [2.75, 3.05) is 13.7 Å². The van der Waals surface area contributed by atoms with E-state index in [-0.39, 0.29) is 5.91 Å². The summed E-state index contributed by atoms with van der Waals surface area (Å²) in [6, 6.07) is 19.5. The second kappa shape index (κ2) is 11.6. The third-order valence-corrected chi connectivity index (χ3v) is 6.79. The molecule has 35 heavy (non-hydrogen) atoms. The number of hydrogen-bond donors (Lipinski definition) is 1. The molecule has 1 N–H and O–H groups in total. The minimum absolute atomic E-state index is 0.187. The molecule has 1 fully saturated rings. The number of methoxy groups -OCH3 is 1. The zero-order valence-corrected chi connectivity index (χ0v) is 22.6. The van der Waals surface area contributed by atoms with Gasteiger partial charge in [0, 0.05) is 0 Å². The molecule has 0 spiro atoms. The molecule has 0 radical (unpaired) electrons. The van der Waals surface area contributed by atoms with Crippen LogP contribution in [0.15, 0.2) is 70.6 Å². The molecule has 3 aromatic carbocycles. The van der Waals surface area contributed by atoms with E-state index in [1.807, 2.05) is 49.4 Å². The molecule has 180 valence electrons. The average Bonchev–Trinajstić information content (AvgIpc) is 3.18. The van der Waals surface area contributed by atoms with E-state index in [2.05, 4.69) is 64.1 Å². The molecule has 0 bridgehead atoms. The topological polar surface area (TPSA) is 69.2 Å². The Labute approximate surface area is 222 Å². The van der Waals surface area contributed by atoms with E-state index in [0.29, 0.717) is 34.8 Å². The van der Waals surface area contributed by atoms with Gasteiger partial charge in [-0.25, -0.2) is 4.99 Å². The molecule has 4 rings (SSSR count). The quantitative estimate of drug-likeness (QED) is 0.237. The highest BCUT2D eigenvalue weighted by Gasteiger charge is 2.24. The molecule has 1 saturated heterocycles. The van der Waals surface area contributed by atoms with E-state index in [1.54, 1.807) is 7.11 Å². The number of rotatable bonds is 8. The normalized spacial score (nSPS) is 15.4. The summed E-state index contributed by atoms with van der Waals surface area (Å²) >= 11 is 3.53. The van der Waals surface area contributed by atoms with E-state index < -0.39 is 0 Å². The van der Waals surface area contributed by atoms with Crippen LogP contribution in [0.1, 0.15) is 23.6 Å². The lowest BCUT2D eigenvalue weighted by Crippen LogP contribution is -2.19. The highest BCUT2D eigenvalue weighted by Crippen LogP contribution is 2.36. The van der Waals surface area contributed by atoms with Gasteiger partial charge < -0.3 is 19.5 Å². The molecule has 0 aliphatic carbocycles. The summed E-state index contributed by atoms with van der Waals surface area (Å²) in [5.41, 5.74) is 3.87. The van der Waals surface area contributed by atoms with Crippen LogP contribution in [-0.2, 0) is 11.4 Å². The number of nitrogens with zero attached hydrogens (tertiary/aromatic N) is 1. The van der Waals surface area contributed by atoms with E-state index in [4.69, 9.17) is 14.2 Å². The van der Waals surface area contributed by atoms with Crippen molar-refractivity contribution in [1.29, 1.82) is 0 Å². The fourth-order valence-electron chi connectivity index (χ4n) is 3.34. The van der Waals surface area contributed by atoms with Crippen LogP contribution in [0.3, 0.4) is 0 Å². The van der Waals surface area contributed by atoms with Gasteiger partial charge in [-0.2, -0.15) is 0 Å². The lowest BCUT2D eigenvalue weighted by molar-refractivity contribution is -0.115. The van der Waals surface area contributed by atoms with Gasteiger partial charge in [-0.1, -0.05) is 29.8 Å². The molecule has 1 aliphatic rings. The second-order valence-corrected chi connectivity index (χ2v) is 9.91.